The molecule has 0 radical (unpaired) electrons. The van der Waals surface area contributed by atoms with E-state index in [1.54, 1.807) is 0 Å². The summed E-state index contributed by atoms with van der Waals surface area (Å²) in [6.07, 6.45) is 4.89. The molecule has 1 N–H and O–H groups in total. The molecule has 5 nitrogen and oxygen atoms in total. The first-order chi connectivity index (χ1) is 12.2. The number of aryl methyl sites for hydroxylation is 1. The normalized spacial score (nSPS) is 17.4. The molecule has 1 fully saturated rings. The number of nitrogens with zero attached hydrogens (tertiary/aromatic N) is 3. The molecule has 0 aliphatic carbocycles. The minimum absolute atomic E-state index is 0.550. The van der Waals surface area contributed by atoms with Gasteiger partial charge in [-0.3, -0.25) is 0 Å². The number of hydrogen-bond donors (Lipinski definition) is 1. The molecule has 1 aliphatic heterocycles. The van der Waals surface area contributed by atoms with Gasteiger partial charge in [-0.25, -0.2) is 4.98 Å². The van der Waals surface area contributed by atoms with E-state index in [0.717, 1.165) is 41.9 Å². The van der Waals surface area contributed by atoms with Crippen LogP contribution in [0.25, 0.3) is 0 Å². The molecule has 134 valence electrons. The number of anilines is 3. The molecule has 1 unspecified atom stereocenters. The zero-order valence-corrected chi connectivity index (χ0v) is 15.5. The van der Waals surface area contributed by atoms with Gasteiger partial charge < -0.3 is 15.0 Å². The van der Waals surface area contributed by atoms with Crippen LogP contribution in [0.5, 0.6) is 5.75 Å². The van der Waals surface area contributed by atoms with Gasteiger partial charge in [0, 0.05) is 30.0 Å². The molecular weight excluding hydrogens is 312 g/mol. The minimum atomic E-state index is 0.550. The molecule has 1 saturated heterocycles. The average molecular weight is 340 g/mol. The van der Waals surface area contributed by atoms with Gasteiger partial charge in [0.15, 0.2) is 0 Å². The lowest BCUT2D eigenvalue weighted by atomic mass is 10.0. The Balaban J connectivity index is 1.79. The second-order valence-electron chi connectivity index (χ2n) is 6.53. The van der Waals surface area contributed by atoms with Crippen LogP contribution in [-0.2, 0) is 0 Å². The van der Waals surface area contributed by atoms with E-state index in [9.17, 15) is 0 Å². The van der Waals surface area contributed by atoms with Crippen molar-refractivity contribution in [3.8, 4) is 5.75 Å². The predicted octanol–water partition coefficient (Wildman–Crippen LogP) is 4.70. The van der Waals surface area contributed by atoms with Crippen LogP contribution in [0.1, 0.15) is 45.2 Å². The first-order valence-electron chi connectivity index (χ1n) is 9.31. The number of rotatable bonds is 6. The summed E-state index contributed by atoms with van der Waals surface area (Å²) in [5, 5.41) is 3.39. The smallest absolute Gasteiger partial charge is 0.227 e. The van der Waals surface area contributed by atoms with Gasteiger partial charge in [0.05, 0.1) is 6.61 Å². The molecule has 0 bridgehead atoms. The van der Waals surface area contributed by atoms with Crippen LogP contribution in [0.2, 0.25) is 0 Å². The van der Waals surface area contributed by atoms with Crippen molar-refractivity contribution in [3.63, 3.8) is 0 Å². The van der Waals surface area contributed by atoms with Crippen molar-refractivity contribution in [3.05, 3.63) is 36.0 Å². The number of nitrogens with one attached hydrogen (secondary N) is 1. The van der Waals surface area contributed by atoms with E-state index in [1.807, 2.05) is 44.2 Å². The van der Waals surface area contributed by atoms with Gasteiger partial charge in [0.1, 0.15) is 11.6 Å². The number of hydrogen-bond acceptors (Lipinski definition) is 5. The van der Waals surface area contributed by atoms with Crippen LogP contribution in [0, 0.1) is 6.92 Å². The summed E-state index contributed by atoms with van der Waals surface area (Å²) >= 11 is 0. The maximum absolute atomic E-state index is 5.49. The van der Waals surface area contributed by atoms with Crippen molar-refractivity contribution in [1.82, 2.24) is 9.97 Å². The summed E-state index contributed by atoms with van der Waals surface area (Å²) in [5.41, 5.74) is 1.98. The van der Waals surface area contributed by atoms with Crippen molar-refractivity contribution in [2.75, 3.05) is 23.4 Å². The van der Waals surface area contributed by atoms with E-state index in [1.165, 1.54) is 19.3 Å². The van der Waals surface area contributed by atoms with Crippen molar-refractivity contribution < 1.29 is 4.74 Å². The quantitative estimate of drug-likeness (QED) is 0.826. The maximum atomic E-state index is 5.49. The van der Waals surface area contributed by atoms with Crippen molar-refractivity contribution >= 4 is 17.5 Å². The van der Waals surface area contributed by atoms with E-state index in [0.29, 0.717) is 12.6 Å². The fourth-order valence-corrected chi connectivity index (χ4v) is 3.38. The third-order valence-corrected chi connectivity index (χ3v) is 4.64. The molecule has 1 aromatic heterocycles. The largest absolute Gasteiger partial charge is 0.494 e. The van der Waals surface area contributed by atoms with Gasteiger partial charge in [0.2, 0.25) is 5.95 Å². The average Bonchev–Trinajstić information content (AvgIpc) is 2.63. The van der Waals surface area contributed by atoms with Gasteiger partial charge in [-0.2, -0.15) is 4.98 Å². The third kappa shape index (κ3) is 4.41. The fraction of sp³-hybridized carbons (Fsp3) is 0.500. The number of aromatic nitrogens is 2. The Hall–Kier alpha value is -2.30. The Bertz CT molecular complexity index is 687. The van der Waals surface area contributed by atoms with E-state index >= 15 is 0 Å². The molecule has 5 heteroatoms. The Labute approximate surface area is 150 Å². The molecule has 25 heavy (non-hydrogen) atoms. The van der Waals surface area contributed by atoms with Crippen LogP contribution >= 0.6 is 0 Å². The fourth-order valence-electron chi connectivity index (χ4n) is 3.38. The number of benzene rings is 1. The SMILES string of the molecule is CCOc1ccc(Nc2cc(C)nc(N3CCCCC3CC)n2)cc1. The van der Waals surface area contributed by atoms with E-state index in [-0.39, 0.29) is 0 Å². The van der Waals surface area contributed by atoms with Crippen LogP contribution in [0.3, 0.4) is 0 Å². The summed E-state index contributed by atoms with van der Waals surface area (Å²) < 4.78 is 5.49. The summed E-state index contributed by atoms with van der Waals surface area (Å²) in [4.78, 5) is 11.8. The molecule has 2 aromatic rings. The lowest BCUT2D eigenvalue weighted by Crippen LogP contribution is -2.40. The molecule has 0 amide bonds. The first kappa shape index (κ1) is 17.5. The molecule has 1 aromatic carbocycles. The molecule has 3 rings (SSSR count). The summed E-state index contributed by atoms with van der Waals surface area (Å²) in [7, 11) is 0. The lowest BCUT2D eigenvalue weighted by Gasteiger charge is -2.35. The second kappa shape index (κ2) is 8.19. The van der Waals surface area contributed by atoms with Crippen LogP contribution in [0.4, 0.5) is 17.5 Å². The summed E-state index contributed by atoms with van der Waals surface area (Å²) in [5.74, 6) is 2.57. The van der Waals surface area contributed by atoms with Gasteiger partial charge >= 0.3 is 0 Å². The molecule has 2 heterocycles. The van der Waals surface area contributed by atoms with Crippen molar-refractivity contribution in [2.24, 2.45) is 0 Å². The Morgan fingerprint density at radius 3 is 2.68 bits per heavy atom. The highest BCUT2D eigenvalue weighted by Crippen LogP contribution is 2.26. The van der Waals surface area contributed by atoms with Gasteiger partial charge in [-0.15, -0.1) is 0 Å². The maximum Gasteiger partial charge on any atom is 0.227 e. The summed E-state index contributed by atoms with van der Waals surface area (Å²) in [6, 6.07) is 10.5. The van der Waals surface area contributed by atoms with Gasteiger partial charge in [0.25, 0.3) is 0 Å². The standard InChI is InChI=1S/C20H28N4O/c1-4-17-8-6-7-13-24(17)20-21-15(3)14-19(23-20)22-16-9-11-18(12-10-16)25-5-2/h9-12,14,17H,4-8,13H2,1-3H3,(H,21,22,23). The van der Waals surface area contributed by atoms with Crippen LogP contribution in [-0.4, -0.2) is 29.2 Å². The van der Waals surface area contributed by atoms with E-state index < -0.39 is 0 Å². The zero-order chi connectivity index (χ0) is 17.6. The molecular formula is C20H28N4O. The Morgan fingerprint density at radius 1 is 1.16 bits per heavy atom. The highest BCUT2D eigenvalue weighted by atomic mass is 16.5. The van der Waals surface area contributed by atoms with Gasteiger partial charge in [-0.05, 0) is 63.8 Å². The predicted molar refractivity (Wildman–Crippen MR) is 103 cm³/mol. The summed E-state index contributed by atoms with van der Waals surface area (Å²) in [6.45, 7) is 7.99. The zero-order valence-electron chi connectivity index (χ0n) is 15.5. The molecule has 1 atom stereocenters. The Morgan fingerprint density at radius 2 is 1.96 bits per heavy atom. The van der Waals surface area contributed by atoms with Crippen LogP contribution in [0.15, 0.2) is 30.3 Å². The topological polar surface area (TPSA) is 50.3 Å². The van der Waals surface area contributed by atoms with Crippen molar-refractivity contribution in [2.45, 2.75) is 52.5 Å². The molecule has 1 aliphatic rings. The third-order valence-electron chi connectivity index (χ3n) is 4.64. The molecule has 0 saturated carbocycles. The van der Waals surface area contributed by atoms with E-state index in [4.69, 9.17) is 14.7 Å². The highest BCUT2D eigenvalue weighted by Gasteiger charge is 2.23. The lowest BCUT2D eigenvalue weighted by molar-refractivity contribution is 0.340. The Kier molecular flexibility index (Phi) is 5.74. The van der Waals surface area contributed by atoms with Crippen molar-refractivity contribution in [1.29, 1.82) is 0 Å². The second-order valence-corrected chi connectivity index (χ2v) is 6.53. The highest BCUT2D eigenvalue weighted by molar-refractivity contribution is 5.58. The number of piperidine rings is 1. The van der Waals surface area contributed by atoms with Crippen LogP contribution < -0.4 is 15.0 Å². The van der Waals surface area contributed by atoms with Gasteiger partial charge in [-0.1, -0.05) is 6.92 Å². The monoisotopic (exact) mass is 340 g/mol. The number of ether oxygens (including phenoxy) is 1. The molecule has 0 spiro atoms. The van der Waals surface area contributed by atoms with E-state index in [2.05, 4.69) is 17.1 Å². The first-order valence-corrected chi connectivity index (χ1v) is 9.31. The minimum Gasteiger partial charge on any atom is -0.494 e.